The number of para-hydroxylation sites is 1. The highest BCUT2D eigenvalue weighted by molar-refractivity contribution is 8.00. The summed E-state index contributed by atoms with van der Waals surface area (Å²) in [5, 5.41) is 7.96. The number of halogens is 1. The molecule has 11 heteroatoms. The van der Waals surface area contributed by atoms with Crippen LogP contribution >= 0.6 is 23.1 Å². The molecule has 0 aliphatic heterocycles. The summed E-state index contributed by atoms with van der Waals surface area (Å²) in [7, 11) is 0. The summed E-state index contributed by atoms with van der Waals surface area (Å²) in [5.74, 6) is -2.34. The summed E-state index contributed by atoms with van der Waals surface area (Å²) in [5.41, 5.74) is 2.58. The summed E-state index contributed by atoms with van der Waals surface area (Å²) in [6.45, 7) is 3.44. The van der Waals surface area contributed by atoms with E-state index in [1.54, 1.807) is 56.3 Å². The molecule has 0 bridgehead atoms. The van der Waals surface area contributed by atoms with E-state index < -0.39 is 34.8 Å². The Kier molecular flexibility index (Phi) is 10.8. The minimum Gasteiger partial charge on any atom is -0.462 e. The number of thiophene rings is 1. The van der Waals surface area contributed by atoms with Crippen molar-refractivity contribution in [2.24, 2.45) is 0 Å². The van der Waals surface area contributed by atoms with Crippen LogP contribution in [0.1, 0.15) is 53.7 Å². The maximum atomic E-state index is 14.0. The van der Waals surface area contributed by atoms with Crippen LogP contribution in [0.4, 0.5) is 20.8 Å². The fraction of sp³-hybridized carbons (Fsp3) is 0.111. The van der Waals surface area contributed by atoms with Gasteiger partial charge in [-0.25, -0.2) is 9.18 Å². The van der Waals surface area contributed by atoms with Crippen molar-refractivity contribution in [1.82, 2.24) is 0 Å². The lowest BCUT2D eigenvalue weighted by atomic mass is 10.1. The summed E-state index contributed by atoms with van der Waals surface area (Å²) in [6.07, 6.45) is 0. The minimum atomic E-state index is -0.779. The lowest BCUT2D eigenvalue weighted by Gasteiger charge is -2.18. The third-order valence-electron chi connectivity index (χ3n) is 6.89. The number of hydrogen-bond acceptors (Lipinski definition) is 7. The van der Waals surface area contributed by atoms with Gasteiger partial charge in [0, 0.05) is 21.8 Å². The molecule has 47 heavy (non-hydrogen) atoms. The van der Waals surface area contributed by atoms with E-state index >= 15 is 0 Å². The average Bonchev–Trinajstić information content (AvgIpc) is 3.40. The van der Waals surface area contributed by atoms with Gasteiger partial charge >= 0.3 is 5.97 Å². The second-order valence-corrected chi connectivity index (χ2v) is 12.4. The molecule has 0 spiro atoms. The number of amides is 3. The Morgan fingerprint density at radius 3 is 2.11 bits per heavy atom. The number of esters is 1. The third-order valence-corrected chi connectivity index (χ3v) is 9.35. The quantitative estimate of drug-likeness (QED) is 0.0964. The Labute approximate surface area is 279 Å². The Bertz CT molecular complexity index is 1900. The van der Waals surface area contributed by atoms with Gasteiger partial charge in [-0.3, -0.25) is 14.4 Å². The van der Waals surface area contributed by atoms with Crippen LogP contribution in [-0.2, 0) is 9.53 Å². The van der Waals surface area contributed by atoms with Gasteiger partial charge in [-0.15, -0.1) is 23.1 Å². The van der Waals surface area contributed by atoms with Gasteiger partial charge in [-0.2, -0.15) is 0 Å². The molecule has 1 aromatic heterocycles. The number of thioether (sulfide) groups is 1. The van der Waals surface area contributed by atoms with Crippen molar-refractivity contribution in [3.8, 4) is 0 Å². The summed E-state index contributed by atoms with van der Waals surface area (Å²) in [4.78, 5) is 54.1. The smallest absolute Gasteiger partial charge is 0.341 e. The largest absolute Gasteiger partial charge is 0.462 e. The van der Waals surface area contributed by atoms with Crippen LogP contribution in [0.3, 0.4) is 0 Å². The van der Waals surface area contributed by atoms with Gasteiger partial charge in [0.15, 0.2) is 0 Å². The van der Waals surface area contributed by atoms with Gasteiger partial charge < -0.3 is 20.7 Å². The SMILES string of the molecule is CCOC(=O)c1c(NC(=O)C(Sc2cccc(NC(=O)c3ccc(F)cc3)c2)c2ccccc2)sc(C(=O)Nc2ccccc2)c1C. The zero-order chi connectivity index (χ0) is 33.3. The van der Waals surface area contributed by atoms with Crippen LogP contribution in [0.5, 0.6) is 0 Å². The van der Waals surface area contributed by atoms with E-state index in [2.05, 4.69) is 16.0 Å². The fourth-order valence-corrected chi connectivity index (χ4v) is 6.82. The third kappa shape index (κ3) is 8.32. The van der Waals surface area contributed by atoms with Crippen molar-refractivity contribution >= 4 is 63.2 Å². The molecule has 0 saturated carbocycles. The van der Waals surface area contributed by atoms with Gasteiger partial charge in [0.25, 0.3) is 11.8 Å². The Hall–Kier alpha value is -5.26. The number of nitrogens with one attached hydrogen (secondary N) is 3. The highest BCUT2D eigenvalue weighted by Gasteiger charge is 2.30. The van der Waals surface area contributed by atoms with Crippen LogP contribution < -0.4 is 16.0 Å². The number of carbonyl (C=O) groups is 4. The molecule has 0 aliphatic carbocycles. The van der Waals surface area contributed by atoms with Crippen molar-refractivity contribution < 1.29 is 28.3 Å². The number of ether oxygens (including phenoxy) is 1. The van der Waals surface area contributed by atoms with Crippen LogP contribution in [0.25, 0.3) is 0 Å². The van der Waals surface area contributed by atoms with E-state index in [-0.39, 0.29) is 22.0 Å². The molecule has 238 valence electrons. The maximum Gasteiger partial charge on any atom is 0.341 e. The van der Waals surface area contributed by atoms with E-state index in [4.69, 9.17) is 4.74 Å². The summed E-state index contributed by atoms with van der Waals surface area (Å²) in [6, 6.07) is 30.3. The van der Waals surface area contributed by atoms with Crippen molar-refractivity contribution in [3.05, 3.63) is 142 Å². The fourth-order valence-electron chi connectivity index (χ4n) is 4.64. The molecular formula is C36H30FN3O5S2. The van der Waals surface area contributed by atoms with Crippen molar-refractivity contribution in [2.75, 3.05) is 22.6 Å². The average molecular weight is 668 g/mol. The molecule has 8 nitrogen and oxygen atoms in total. The predicted molar refractivity (Wildman–Crippen MR) is 184 cm³/mol. The second kappa shape index (κ2) is 15.4. The number of anilines is 3. The van der Waals surface area contributed by atoms with Gasteiger partial charge in [0.05, 0.1) is 17.0 Å². The zero-order valence-electron chi connectivity index (χ0n) is 25.4. The van der Waals surface area contributed by atoms with Crippen molar-refractivity contribution in [1.29, 1.82) is 0 Å². The van der Waals surface area contributed by atoms with Crippen molar-refractivity contribution in [2.45, 2.75) is 24.0 Å². The van der Waals surface area contributed by atoms with Crippen molar-refractivity contribution in [3.63, 3.8) is 0 Å². The molecule has 1 heterocycles. The topological polar surface area (TPSA) is 114 Å². The highest BCUT2D eigenvalue weighted by Crippen LogP contribution is 2.40. The second-order valence-electron chi connectivity index (χ2n) is 10.2. The van der Waals surface area contributed by atoms with Gasteiger partial charge in [0.1, 0.15) is 16.1 Å². The Morgan fingerprint density at radius 1 is 0.787 bits per heavy atom. The molecule has 1 unspecified atom stereocenters. The number of carbonyl (C=O) groups excluding carboxylic acids is 4. The molecule has 5 aromatic rings. The maximum absolute atomic E-state index is 14.0. The number of hydrogen-bond donors (Lipinski definition) is 3. The molecule has 0 radical (unpaired) electrons. The summed E-state index contributed by atoms with van der Waals surface area (Å²) < 4.78 is 18.6. The van der Waals surface area contributed by atoms with E-state index in [0.29, 0.717) is 33.0 Å². The molecule has 5 rings (SSSR count). The zero-order valence-corrected chi connectivity index (χ0v) is 27.0. The lowest BCUT2D eigenvalue weighted by Crippen LogP contribution is -2.20. The molecule has 3 N–H and O–H groups in total. The standard InChI is InChI=1S/C36H30FN3O5S2/c1-3-45-36(44)29-22(2)30(33(42)38-26-13-8-5-9-14-26)47-35(29)40-34(43)31(23-11-6-4-7-12-23)46-28-16-10-15-27(21-28)39-32(41)24-17-19-25(37)20-18-24/h4-21,31H,3H2,1-2H3,(H,38,42)(H,39,41)(H,40,43). The minimum absolute atomic E-state index is 0.115. The van der Waals surface area contributed by atoms with Crippen LogP contribution in [0.2, 0.25) is 0 Å². The first-order chi connectivity index (χ1) is 22.7. The van der Waals surface area contributed by atoms with Crippen LogP contribution in [0, 0.1) is 12.7 Å². The summed E-state index contributed by atoms with van der Waals surface area (Å²) >= 11 is 2.25. The molecule has 4 aromatic carbocycles. The first-order valence-corrected chi connectivity index (χ1v) is 16.3. The van der Waals surface area contributed by atoms with E-state index in [1.807, 2.05) is 42.5 Å². The molecule has 1 atom stereocenters. The first-order valence-electron chi connectivity index (χ1n) is 14.6. The number of benzene rings is 4. The van der Waals surface area contributed by atoms with Gasteiger partial charge in [-0.05, 0) is 79.6 Å². The van der Waals surface area contributed by atoms with E-state index in [1.165, 1.54) is 36.0 Å². The lowest BCUT2D eigenvalue weighted by molar-refractivity contribution is -0.115. The first kappa shape index (κ1) is 33.1. The van der Waals surface area contributed by atoms with E-state index in [9.17, 15) is 23.6 Å². The predicted octanol–water partition coefficient (Wildman–Crippen LogP) is 8.35. The number of rotatable bonds is 11. The molecule has 3 amide bonds. The highest BCUT2D eigenvalue weighted by atomic mass is 32.2. The van der Waals surface area contributed by atoms with Gasteiger partial charge in [0.2, 0.25) is 5.91 Å². The molecule has 0 aliphatic rings. The molecular weight excluding hydrogens is 638 g/mol. The van der Waals surface area contributed by atoms with Crippen LogP contribution in [0.15, 0.2) is 114 Å². The van der Waals surface area contributed by atoms with E-state index in [0.717, 1.165) is 11.3 Å². The Morgan fingerprint density at radius 2 is 1.43 bits per heavy atom. The van der Waals surface area contributed by atoms with Crippen LogP contribution in [-0.4, -0.2) is 30.3 Å². The molecule has 0 saturated heterocycles. The monoisotopic (exact) mass is 667 g/mol. The van der Waals surface area contributed by atoms with Gasteiger partial charge in [-0.1, -0.05) is 54.6 Å². The molecule has 0 fully saturated rings. The normalized spacial score (nSPS) is 11.3. The Balaban J connectivity index is 1.42.